The third kappa shape index (κ3) is 45.8. The van der Waals surface area contributed by atoms with E-state index < -0.39 is 21.3 Å². The van der Waals surface area contributed by atoms with Crippen molar-refractivity contribution in [3.8, 4) is 12.5 Å². The largest absolute Gasteiger partial charge is 0.394 e. The monoisotopic (exact) mass is 2110 g/mol. The van der Waals surface area contributed by atoms with Crippen molar-refractivity contribution in [2.75, 3.05) is 164 Å². The molecule has 0 bridgehead atoms. The Labute approximate surface area is 909 Å². The Morgan fingerprint density at radius 1 is 0.466 bits per heavy atom. The van der Waals surface area contributed by atoms with Gasteiger partial charge in [-0.25, -0.2) is 17.2 Å². The number of likely N-dealkylation sites (tertiary alicyclic amines) is 8. The first-order valence-electron chi connectivity index (χ1n) is 58.5. The number of morpholine rings is 1. The maximum absolute atomic E-state index is 13.3. The van der Waals surface area contributed by atoms with Crippen LogP contribution in [0.25, 0.3) is 0 Å². The second kappa shape index (κ2) is 63.3. The molecule has 870 valence electrons. The van der Waals surface area contributed by atoms with Gasteiger partial charge in [0.2, 0.25) is 5.92 Å². The van der Waals surface area contributed by atoms with E-state index in [-0.39, 0.29) is 45.5 Å². The molecule has 20 nitrogen and oxygen atoms in total. The molecule has 11 heterocycles. The topological polar surface area (TPSA) is 150 Å². The van der Waals surface area contributed by atoms with E-state index in [1.807, 2.05) is 14.2 Å². The summed E-state index contributed by atoms with van der Waals surface area (Å²) >= 11 is 0. The fraction of sp³-hybridized carbons (Fsp3) is 0.959. The summed E-state index contributed by atoms with van der Waals surface area (Å²) in [4.78, 5) is 29.6. The lowest BCUT2D eigenvalue weighted by Gasteiger charge is -2.49. The van der Waals surface area contributed by atoms with Crippen molar-refractivity contribution in [2.45, 2.75) is 571 Å². The molecule has 11 rings (SSSR count). The smallest absolute Gasteiger partial charge is 0.247 e. The van der Waals surface area contributed by atoms with Crippen LogP contribution in [-0.4, -0.2) is 392 Å². The van der Waals surface area contributed by atoms with Gasteiger partial charge in [-0.3, -0.25) is 53.9 Å². The number of β-amino-alcohol motifs (C(OH)–C–C–N with tert-alkyl or cyclic N) is 1. The van der Waals surface area contributed by atoms with Gasteiger partial charge in [0.15, 0.2) is 0 Å². The Bertz CT molecular complexity index is 3700. The molecule has 0 aliphatic carbocycles. The lowest BCUT2D eigenvalue weighted by atomic mass is 9.81. The number of methoxy groups -OCH3 is 3. The summed E-state index contributed by atoms with van der Waals surface area (Å²) in [5.74, 6) is 6.89. The van der Waals surface area contributed by atoms with Crippen LogP contribution in [0.3, 0.4) is 0 Å². The maximum atomic E-state index is 13.3. The first-order chi connectivity index (χ1) is 66.8. The number of alkyl halides is 2. The quantitative estimate of drug-likeness (QED) is 0.0480. The number of aliphatic hydroxyl groups excluding tert-OH is 2. The van der Waals surface area contributed by atoms with Gasteiger partial charge in [0.25, 0.3) is 0 Å². The molecule has 9 atom stereocenters. The minimum Gasteiger partial charge on any atom is -0.394 e. The maximum Gasteiger partial charge on any atom is 0.247 e. The molecule has 0 aromatic carbocycles. The lowest BCUT2D eigenvalue weighted by molar-refractivity contribution is -0.0708. The zero-order valence-corrected chi connectivity index (χ0v) is 107. The highest BCUT2D eigenvalue weighted by molar-refractivity contribution is 8.14. The molecule has 11 saturated heterocycles. The first kappa shape index (κ1) is 142. The van der Waals surface area contributed by atoms with Crippen molar-refractivity contribution in [1.82, 2.24) is 58.8 Å². The molecule has 24 heteroatoms. The van der Waals surface area contributed by atoms with Gasteiger partial charge in [-0.2, -0.15) is 10.5 Å². The summed E-state index contributed by atoms with van der Waals surface area (Å²) in [5, 5.41) is 19.3. The van der Waals surface area contributed by atoms with Gasteiger partial charge in [0, 0.05) is 226 Å². The number of halogens is 2. The third-order valence-corrected chi connectivity index (χ3v) is 37.3. The van der Waals surface area contributed by atoms with Crippen LogP contribution in [0.1, 0.15) is 427 Å². The third-order valence-electron chi connectivity index (χ3n) is 33.8. The van der Waals surface area contributed by atoms with E-state index in [1.54, 1.807) is 7.11 Å². The number of aliphatic hydroxyl groups is 2. The van der Waals surface area contributed by atoms with E-state index >= 15 is 0 Å². The van der Waals surface area contributed by atoms with Crippen LogP contribution >= 0.6 is 10.5 Å². The van der Waals surface area contributed by atoms with E-state index in [2.05, 4.69) is 375 Å². The summed E-state index contributed by atoms with van der Waals surface area (Å²) in [6.07, 6.45) is 27.3. The summed E-state index contributed by atoms with van der Waals surface area (Å²) in [6, 6.07) is 9.16. The van der Waals surface area contributed by atoms with Gasteiger partial charge in [0.1, 0.15) is 9.84 Å². The van der Waals surface area contributed by atoms with Crippen molar-refractivity contribution in [3.63, 3.8) is 0 Å². The summed E-state index contributed by atoms with van der Waals surface area (Å²) < 4.78 is 71.1. The molecule has 0 aromatic heterocycles. The zero-order chi connectivity index (χ0) is 113. The number of piperazine rings is 1. The van der Waals surface area contributed by atoms with Crippen LogP contribution in [-0.2, 0) is 28.8 Å². The molecule has 0 radical (unpaired) electrons. The number of terminal acetylenes is 1. The van der Waals surface area contributed by atoms with Gasteiger partial charge in [-0.1, -0.05) is 72.9 Å². The van der Waals surface area contributed by atoms with E-state index in [4.69, 9.17) is 25.4 Å². The number of hydrogen-bond donors (Lipinski definition) is 2. The normalized spacial score (nSPS) is 28.7. The molecular formula is C122H248F2N12O8S2. The van der Waals surface area contributed by atoms with Crippen molar-refractivity contribution in [3.05, 3.63) is 12.2 Å². The standard InChI is InChI=1S/C13H27NO.C12H23F2NO.C12H25NO.C11H20N2.C11H23NO2S.2C11H23NO.C11H23N.C11H21N.C10H21NS.C9H19NO/c1-11(2)9-13(10-15-5)7-6-8-14(13)12(3)4;1-10(2)15-7-5-6-12(15,9-16-4)8-11(3,13)14;1-10(2)8-12(9-14)6-5-7-13(12)11(3)4;1-6-12-7-8-13(10(2)3)11(4,5)9-12;1-9(2)12-7-6-10(15(5,13)14)8-11(12,3)4;1-8(2)12-7-10(13)9(3)6-11(12,4)5;1-5-11(9-13-4)7-6-8-12(11)10(2)3;2*1-9(2)12-7-6-10(3)8-11(12,4)5;1-9(2)11-6-7-12(5)8-10(11,3)4;1-8(2)10-5-6-11-7-9(10,3)4/h11-12H,6-10H2,1-5H3;10H,5-9H2,1-4H3;10-11,14H,5-9H2,1-4H3;1,10H,7-9H2,2-5H3;9-10H,6-8H2,1-5H3;8-10,13H,6-7H2,1-5H3;10H,5-9H2,1-4H3;9-10H,6-8H2,1-5H3;9H,3,6-8H2,1-2,4-5H3;9H,5-8H2,1-4H3;8H,5-7H2,1-4H3/t;;;;;9-,10+;;;;;/m.....1...../s1. The predicted molar refractivity (Wildman–Crippen MR) is 634 cm³/mol. The van der Waals surface area contributed by atoms with Crippen LogP contribution in [0.4, 0.5) is 8.78 Å². The molecule has 11 fully saturated rings. The summed E-state index contributed by atoms with van der Waals surface area (Å²) in [5.41, 5.74) is 3.48. The van der Waals surface area contributed by atoms with Crippen LogP contribution in [0.5, 0.6) is 0 Å². The highest BCUT2D eigenvalue weighted by Gasteiger charge is 2.50. The second-order valence-corrected chi connectivity index (χ2v) is 59.1. The molecule has 11 aliphatic rings. The summed E-state index contributed by atoms with van der Waals surface area (Å²) in [7, 11) is 2.77. The van der Waals surface area contributed by atoms with E-state index in [1.165, 1.54) is 127 Å². The number of nitrogens with zero attached hydrogens (tertiary/aromatic N) is 12. The highest BCUT2D eigenvalue weighted by Crippen LogP contribution is 2.44. The van der Waals surface area contributed by atoms with Crippen molar-refractivity contribution >= 4 is 26.2 Å². The first-order valence-corrected chi connectivity index (χ1v) is 62.2. The zero-order valence-electron chi connectivity index (χ0n) is 105. The van der Waals surface area contributed by atoms with Crippen LogP contribution in [0.2, 0.25) is 0 Å². The number of ether oxygens (including phenoxy) is 4. The van der Waals surface area contributed by atoms with Gasteiger partial charge >= 0.3 is 0 Å². The van der Waals surface area contributed by atoms with Gasteiger partial charge in [0.05, 0.1) is 56.5 Å². The van der Waals surface area contributed by atoms with E-state index in [9.17, 15) is 27.4 Å². The van der Waals surface area contributed by atoms with E-state index in [0.717, 1.165) is 142 Å². The Balaban J connectivity index is 0.000000804. The second-order valence-electron chi connectivity index (χ2n) is 54.9. The molecule has 0 spiro atoms. The predicted octanol–water partition coefficient (Wildman–Crippen LogP) is 24.8. The van der Waals surface area contributed by atoms with E-state index in [0.29, 0.717) is 130 Å². The Kier molecular flexibility index (Phi) is 61.8. The fourth-order valence-electron chi connectivity index (χ4n) is 28.4. The molecule has 0 saturated carbocycles. The highest BCUT2D eigenvalue weighted by atomic mass is 32.2. The molecule has 0 aromatic rings. The van der Waals surface area contributed by atoms with Gasteiger partial charge in [-0.05, 0) is 428 Å². The van der Waals surface area contributed by atoms with Crippen molar-refractivity contribution in [2.24, 2.45) is 23.7 Å². The van der Waals surface area contributed by atoms with Crippen molar-refractivity contribution in [1.29, 1.82) is 0 Å². The fourth-order valence-corrected chi connectivity index (χ4v) is 31.4. The number of sulfone groups is 1. The lowest BCUT2D eigenvalue weighted by Crippen LogP contribution is -2.60. The molecular weight excluding hydrogens is 1860 g/mol. The Hall–Kier alpha value is -1.55. The Morgan fingerprint density at radius 2 is 0.829 bits per heavy atom. The number of piperidine rings is 4. The van der Waals surface area contributed by atoms with Crippen LogP contribution in [0, 0.1) is 36.1 Å². The number of rotatable bonds is 26. The summed E-state index contributed by atoms with van der Waals surface area (Å²) in [6.45, 7) is 120. The van der Waals surface area contributed by atoms with Crippen LogP contribution < -0.4 is 0 Å². The minimum atomic E-state index is -2.87. The molecule has 0 amide bonds. The minimum absolute atomic E-state index is 0.000162. The average molecular weight is 2110 g/mol. The SMILES string of the molecule is C#CN1CCN(C(C)C)C(C)(C)C1.C=C1CCN(C(C)C)C(C)(C)C1.C=S1CCN(C(C)C)C(C)(C)C1.CC(C)CC1(CO)CCCN1C(C)C.CC(C)N1CCC(S(C)(=O)=O)CC1(C)C.CC(C)N1CCOCC1(C)C.CC(C)N1C[C@H](O)[C@H](C)CC1(C)C.CC1CCN(C(C)C)C(C)(C)C1.CCC1(COC)CCCN1C(C)C.COCC1(CC(C)(F)F)CCCN1C(C)C.COCC1(CC(C)C)CCCN1C(C)C. The molecule has 7 unspecified atom stereocenters. The molecule has 146 heavy (non-hydrogen) atoms. The molecule has 11 aliphatic heterocycles. The van der Waals surface area contributed by atoms with Gasteiger partial charge < -0.3 is 34.1 Å². The van der Waals surface area contributed by atoms with Crippen molar-refractivity contribution < 1.29 is 46.4 Å². The van der Waals surface area contributed by atoms with Crippen LogP contribution in [0.15, 0.2) is 12.2 Å². The Morgan fingerprint density at radius 3 is 1.20 bits per heavy atom. The van der Waals surface area contributed by atoms with Gasteiger partial charge in [-0.15, -0.1) is 0 Å². The molecule has 2 N–H and O–H groups in total. The average Bonchev–Trinajstić information content (AvgIpc) is 1.71. The number of hydrogen-bond acceptors (Lipinski definition) is 20.